The summed E-state index contributed by atoms with van der Waals surface area (Å²) in [5.74, 6) is 0.102. The summed E-state index contributed by atoms with van der Waals surface area (Å²) in [5, 5.41) is 0.669. The minimum atomic E-state index is -0.853. The van der Waals surface area contributed by atoms with E-state index in [0.717, 1.165) is 35.2 Å². The zero-order valence-corrected chi connectivity index (χ0v) is 16.7. The molecule has 1 aliphatic carbocycles. The Bertz CT molecular complexity index is 930. The zero-order valence-electron chi connectivity index (χ0n) is 15.9. The van der Waals surface area contributed by atoms with Gasteiger partial charge >= 0.3 is 6.09 Å². The van der Waals surface area contributed by atoms with Crippen molar-refractivity contribution in [1.82, 2.24) is 9.88 Å². The first kappa shape index (κ1) is 18.9. The number of rotatable bonds is 1. The lowest BCUT2D eigenvalue weighted by atomic mass is 9.69. The Morgan fingerprint density at radius 3 is 2.86 bits per heavy atom. The van der Waals surface area contributed by atoms with Crippen LogP contribution in [-0.4, -0.2) is 41.5 Å². The normalized spacial score (nSPS) is 21.5. The summed E-state index contributed by atoms with van der Waals surface area (Å²) >= 11 is 6.27. The average Bonchev–Trinajstić information content (AvgIpc) is 2.95. The molecule has 1 aliphatic heterocycles. The molecule has 28 heavy (non-hydrogen) atoms. The highest BCUT2D eigenvalue weighted by Gasteiger charge is 2.48. The molecule has 6 heteroatoms. The Hall–Kier alpha value is -2.40. The van der Waals surface area contributed by atoms with Crippen molar-refractivity contribution in [2.45, 2.75) is 38.0 Å². The summed E-state index contributed by atoms with van der Waals surface area (Å²) in [6, 6.07) is 9.75. The number of pyridine rings is 1. The largest absolute Gasteiger partial charge is 0.450 e. The molecule has 146 valence electrons. The number of amides is 1. The minimum absolute atomic E-state index is 0.102. The van der Waals surface area contributed by atoms with Gasteiger partial charge in [-0.3, -0.25) is 9.78 Å². The SMILES string of the molecule is CCOC(=O)N1CCC(=O)C2(CC1)c1ccc(Cl)cc1CCc1cccnc12. The number of Topliss-reactive ketones (excluding diaryl/α,β-unsaturated/α-hetero) is 1. The van der Waals surface area contributed by atoms with E-state index in [1.807, 2.05) is 24.3 Å². The van der Waals surface area contributed by atoms with Crippen LogP contribution in [0.25, 0.3) is 0 Å². The molecular formula is C22H23ClN2O3. The van der Waals surface area contributed by atoms with Gasteiger partial charge in [0.05, 0.1) is 17.7 Å². The third-order valence-electron chi connectivity index (χ3n) is 5.85. The summed E-state index contributed by atoms with van der Waals surface area (Å²) in [4.78, 5) is 32.2. The van der Waals surface area contributed by atoms with Gasteiger partial charge in [0.15, 0.2) is 5.78 Å². The lowest BCUT2D eigenvalue weighted by Gasteiger charge is -2.33. The fraction of sp³-hybridized carbons (Fsp3) is 0.409. The second-order valence-corrected chi connectivity index (χ2v) is 7.76. The minimum Gasteiger partial charge on any atom is -0.450 e. The van der Waals surface area contributed by atoms with Crippen LogP contribution >= 0.6 is 11.6 Å². The molecule has 1 unspecified atom stereocenters. The van der Waals surface area contributed by atoms with Gasteiger partial charge in [0.25, 0.3) is 0 Å². The second kappa shape index (κ2) is 7.55. The molecule has 1 atom stereocenters. The van der Waals surface area contributed by atoms with Crippen LogP contribution in [0, 0.1) is 0 Å². The van der Waals surface area contributed by atoms with Gasteiger partial charge in [-0.25, -0.2) is 4.79 Å². The van der Waals surface area contributed by atoms with Gasteiger partial charge < -0.3 is 9.64 Å². The summed E-state index contributed by atoms with van der Waals surface area (Å²) in [7, 11) is 0. The Morgan fingerprint density at radius 1 is 1.21 bits per heavy atom. The molecule has 1 fully saturated rings. The van der Waals surface area contributed by atoms with Crippen molar-refractivity contribution in [1.29, 1.82) is 0 Å². The van der Waals surface area contributed by atoms with E-state index in [2.05, 4.69) is 11.1 Å². The van der Waals surface area contributed by atoms with E-state index in [-0.39, 0.29) is 18.3 Å². The molecule has 1 spiro atoms. The summed E-state index contributed by atoms with van der Waals surface area (Å²) < 4.78 is 5.17. The number of benzene rings is 1. The number of hydrogen-bond donors (Lipinski definition) is 0. The van der Waals surface area contributed by atoms with Gasteiger partial charge in [-0.15, -0.1) is 0 Å². The average molecular weight is 399 g/mol. The second-order valence-electron chi connectivity index (χ2n) is 7.33. The Balaban J connectivity index is 1.86. The maximum atomic E-state index is 13.6. The van der Waals surface area contributed by atoms with Crippen molar-refractivity contribution in [2.24, 2.45) is 0 Å². The topological polar surface area (TPSA) is 59.5 Å². The Labute approximate surface area is 169 Å². The number of carbonyl (C=O) groups excluding carboxylic acids is 2. The van der Waals surface area contributed by atoms with E-state index in [9.17, 15) is 9.59 Å². The van der Waals surface area contributed by atoms with Crippen LogP contribution in [0.15, 0.2) is 36.5 Å². The quantitative estimate of drug-likeness (QED) is 0.730. The lowest BCUT2D eigenvalue weighted by Crippen LogP contribution is -2.39. The maximum Gasteiger partial charge on any atom is 0.409 e. The van der Waals surface area contributed by atoms with Crippen LogP contribution in [0.2, 0.25) is 5.02 Å². The molecule has 2 heterocycles. The van der Waals surface area contributed by atoms with Crippen LogP contribution in [-0.2, 0) is 27.8 Å². The van der Waals surface area contributed by atoms with Gasteiger partial charge in [-0.2, -0.15) is 0 Å². The van der Waals surface area contributed by atoms with Gasteiger partial charge in [-0.1, -0.05) is 23.7 Å². The highest BCUT2D eigenvalue weighted by atomic mass is 35.5. The molecule has 2 aromatic rings. The van der Waals surface area contributed by atoms with Crippen LogP contribution < -0.4 is 0 Å². The van der Waals surface area contributed by atoms with Gasteiger partial charge in [-0.05, 0) is 61.1 Å². The standard InChI is InChI=1S/C22H23ClN2O3/c1-2-28-21(27)25-12-9-19(26)22(10-13-25)18-8-7-17(23)14-16(18)6-5-15-4-3-11-24-20(15)22/h3-4,7-8,11,14H,2,5-6,9-10,12-13H2,1H3. The van der Waals surface area contributed by atoms with E-state index >= 15 is 0 Å². The fourth-order valence-electron chi connectivity index (χ4n) is 4.54. The van der Waals surface area contributed by atoms with Crippen molar-refractivity contribution >= 4 is 23.5 Å². The Kier molecular flexibility index (Phi) is 5.11. The first-order chi connectivity index (χ1) is 13.6. The highest BCUT2D eigenvalue weighted by Crippen LogP contribution is 2.44. The molecule has 4 rings (SSSR count). The summed E-state index contributed by atoms with van der Waals surface area (Å²) in [6.45, 7) is 2.92. The molecule has 1 aromatic heterocycles. The van der Waals surface area contributed by atoms with E-state index in [4.69, 9.17) is 16.3 Å². The number of aryl methyl sites for hydroxylation is 2. The van der Waals surface area contributed by atoms with Crippen molar-refractivity contribution < 1.29 is 14.3 Å². The number of ether oxygens (including phenoxy) is 1. The maximum absolute atomic E-state index is 13.6. The first-order valence-electron chi connectivity index (χ1n) is 9.74. The first-order valence-corrected chi connectivity index (χ1v) is 10.1. The van der Waals surface area contributed by atoms with E-state index in [1.54, 1.807) is 18.0 Å². The third kappa shape index (κ3) is 3.08. The van der Waals surface area contributed by atoms with Crippen molar-refractivity contribution in [3.8, 4) is 0 Å². The molecule has 0 saturated carbocycles. The molecule has 1 saturated heterocycles. The third-order valence-corrected chi connectivity index (χ3v) is 6.09. The Morgan fingerprint density at radius 2 is 2.04 bits per heavy atom. The van der Waals surface area contributed by atoms with Gasteiger partial charge in [0, 0.05) is 30.7 Å². The summed E-state index contributed by atoms with van der Waals surface area (Å²) in [6.07, 6.45) is 3.78. The molecular weight excluding hydrogens is 376 g/mol. The van der Waals surface area contributed by atoms with Crippen molar-refractivity contribution in [3.63, 3.8) is 0 Å². The van der Waals surface area contributed by atoms with E-state index in [0.29, 0.717) is 31.1 Å². The molecule has 0 N–H and O–H groups in total. The van der Waals surface area contributed by atoms with Crippen molar-refractivity contribution in [3.05, 3.63) is 63.9 Å². The van der Waals surface area contributed by atoms with E-state index < -0.39 is 5.41 Å². The molecule has 0 radical (unpaired) electrons. The van der Waals surface area contributed by atoms with Gasteiger partial charge in [0.1, 0.15) is 0 Å². The number of ketones is 1. The van der Waals surface area contributed by atoms with Crippen LogP contribution in [0.4, 0.5) is 4.79 Å². The van der Waals surface area contributed by atoms with Gasteiger partial charge in [0.2, 0.25) is 0 Å². The van der Waals surface area contributed by atoms with Crippen LogP contribution in [0.3, 0.4) is 0 Å². The summed E-state index contributed by atoms with van der Waals surface area (Å²) in [5.41, 5.74) is 3.13. The fourth-order valence-corrected chi connectivity index (χ4v) is 4.74. The predicted octanol–water partition coefficient (Wildman–Crippen LogP) is 3.94. The number of fused-ring (bicyclic) bond motifs is 4. The number of nitrogens with zero attached hydrogens (tertiary/aromatic N) is 2. The number of aromatic nitrogens is 1. The molecule has 5 nitrogen and oxygen atoms in total. The van der Waals surface area contributed by atoms with Crippen molar-refractivity contribution in [2.75, 3.05) is 19.7 Å². The lowest BCUT2D eigenvalue weighted by molar-refractivity contribution is -0.123. The number of halogens is 1. The molecule has 1 amide bonds. The van der Waals surface area contributed by atoms with Crippen LogP contribution in [0.1, 0.15) is 42.1 Å². The molecule has 0 bridgehead atoms. The number of likely N-dealkylation sites (tertiary alicyclic amines) is 1. The molecule has 1 aromatic carbocycles. The number of carbonyl (C=O) groups is 2. The smallest absolute Gasteiger partial charge is 0.409 e. The zero-order chi connectivity index (χ0) is 19.7. The molecule has 2 aliphatic rings. The monoisotopic (exact) mass is 398 g/mol. The predicted molar refractivity (Wildman–Crippen MR) is 107 cm³/mol. The number of hydrogen-bond acceptors (Lipinski definition) is 4. The highest BCUT2D eigenvalue weighted by molar-refractivity contribution is 6.30. The van der Waals surface area contributed by atoms with E-state index in [1.165, 1.54) is 0 Å². The van der Waals surface area contributed by atoms with Crippen LogP contribution in [0.5, 0.6) is 0 Å².